The summed E-state index contributed by atoms with van der Waals surface area (Å²) in [4.78, 5) is 10.5. The van der Waals surface area contributed by atoms with Crippen molar-refractivity contribution in [3.05, 3.63) is 0 Å². The van der Waals surface area contributed by atoms with Crippen molar-refractivity contribution in [2.75, 3.05) is 7.05 Å². The fraction of sp³-hybridized carbons (Fsp3) is 0.833. The van der Waals surface area contributed by atoms with Crippen LogP contribution in [-0.4, -0.2) is 29.3 Å². The number of carbonyl (C=O) groups excluding carboxylic acids is 1. The van der Waals surface area contributed by atoms with Crippen LogP contribution in [0.2, 0.25) is 0 Å². The molecule has 1 amide bonds. The van der Waals surface area contributed by atoms with E-state index in [4.69, 9.17) is 10.9 Å². The molecule has 0 fully saturated rings. The van der Waals surface area contributed by atoms with E-state index in [0.29, 0.717) is 0 Å². The van der Waals surface area contributed by atoms with Crippen molar-refractivity contribution in [2.45, 2.75) is 19.9 Å². The minimum absolute atomic E-state index is 0.225. The third-order valence-electron chi connectivity index (χ3n) is 1.76. The molecule has 0 spiro atoms. The van der Waals surface area contributed by atoms with E-state index < -0.39 is 5.91 Å². The molecule has 0 saturated carbocycles. The summed E-state index contributed by atoms with van der Waals surface area (Å²) in [5.41, 5.74) is 5.00. The molecule has 2 atom stereocenters. The normalized spacial score (nSPS) is 16.9. The van der Waals surface area contributed by atoms with Crippen LogP contribution in [-0.2, 0) is 4.79 Å². The van der Waals surface area contributed by atoms with Crippen LogP contribution >= 0.6 is 0 Å². The molecular formula is C6H14N2O2. The third-order valence-corrected chi connectivity index (χ3v) is 1.76. The van der Waals surface area contributed by atoms with Crippen LogP contribution in [0.25, 0.3) is 0 Å². The Labute approximate surface area is 60.6 Å². The van der Waals surface area contributed by atoms with Crippen molar-refractivity contribution in [1.29, 1.82) is 0 Å². The largest absolute Gasteiger partial charge is 0.369 e. The first-order chi connectivity index (χ1) is 4.46. The van der Waals surface area contributed by atoms with Crippen LogP contribution in [0.15, 0.2) is 0 Å². The maximum Gasteiger partial charge on any atom is 0.221 e. The Hall–Kier alpha value is -0.610. The van der Waals surface area contributed by atoms with Gasteiger partial charge in [-0.1, -0.05) is 6.92 Å². The summed E-state index contributed by atoms with van der Waals surface area (Å²) in [5.74, 6) is -0.719. The summed E-state index contributed by atoms with van der Waals surface area (Å²) >= 11 is 0. The molecule has 0 aromatic heterocycles. The topological polar surface area (TPSA) is 66.6 Å². The summed E-state index contributed by atoms with van der Waals surface area (Å²) in [5, 5.41) is 9.85. The molecule has 10 heavy (non-hydrogen) atoms. The van der Waals surface area contributed by atoms with Gasteiger partial charge in [0.25, 0.3) is 0 Å². The maximum absolute atomic E-state index is 10.5. The van der Waals surface area contributed by atoms with Gasteiger partial charge in [0.2, 0.25) is 5.91 Å². The number of hydroxylamine groups is 2. The lowest BCUT2D eigenvalue weighted by Crippen LogP contribution is -2.38. The van der Waals surface area contributed by atoms with E-state index in [9.17, 15) is 4.79 Å². The molecule has 0 rings (SSSR count). The van der Waals surface area contributed by atoms with E-state index in [1.54, 1.807) is 13.8 Å². The fourth-order valence-electron chi connectivity index (χ4n) is 0.561. The summed E-state index contributed by atoms with van der Waals surface area (Å²) in [6, 6.07) is -0.225. The van der Waals surface area contributed by atoms with Crippen LogP contribution < -0.4 is 5.73 Å². The van der Waals surface area contributed by atoms with Crippen molar-refractivity contribution in [2.24, 2.45) is 11.7 Å². The van der Waals surface area contributed by atoms with E-state index in [-0.39, 0.29) is 12.0 Å². The summed E-state index contributed by atoms with van der Waals surface area (Å²) in [6.45, 7) is 3.41. The molecular weight excluding hydrogens is 132 g/mol. The minimum Gasteiger partial charge on any atom is -0.369 e. The van der Waals surface area contributed by atoms with Gasteiger partial charge < -0.3 is 10.9 Å². The molecule has 4 heteroatoms. The number of hydrogen-bond acceptors (Lipinski definition) is 3. The minimum atomic E-state index is -0.395. The Morgan fingerprint density at radius 1 is 1.60 bits per heavy atom. The number of primary amides is 1. The first-order valence-electron chi connectivity index (χ1n) is 3.17. The van der Waals surface area contributed by atoms with Gasteiger partial charge in [-0.15, -0.1) is 0 Å². The number of carbonyl (C=O) groups is 1. The predicted octanol–water partition coefficient (Wildman–Crippen LogP) is -0.183. The monoisotopic (exact) mass is 146 g/mol. The summed E-state index contributed by atoms with van der Waals surface area (Å²) in [7, 11) is 1.49. The lowest BCUT2D eigenvalue weighted by Gasteiger charge is -2.21. The molecule has 4 nitrogen and oxygen atoms in total. The molecule has 60 valence electrons. The Morgan fingerprint density at radius 3 is 2.10 bits per heavy atom. The molecule has 0 saturated heterocycles. The highest BCUT2D eigenvalue weighted by molar-refractivity contribution is 5.76. The van der Waals surface area contributed by atoms with Gasteiger partial charge in [0.15, 0.2) is 0 Å². The maximum atomic E-state index is 10.5. The first-order valence-corrected chi connectivity index (χ1v) is 3.17. The second kappa shape index (κ2) is 3.53. The number of rotatable bonds is 3. The van der Waals surface area contributed by atoms with Gasteiger partial charge in [0.05, 0.1) is 5.92 Å². The van der Waals surface area contributed by atoms with Gasteiger partial charge in [0.1, 0.15) is 0 Å². The molecule has 2 unspecified atom stereocenters. The Bertz CT molecular complexity index is 125. The van der Waals surface area contributed by atoms with Crippen LogP contribution in [0.4, 0.5) is 0 Å². The van der Waals surface area contributed by atoms with E-state index in [1.807, 2.05) is 0 Å². The van der Waals surface area contributed by atoms with Crippen molar-refractivity contribution < 1.29 is 10.0 Å². The van der Waals surface area contributed by atoms with Gasteiger partial charge in [-0.3, -0.25) is 4.79 Å². The van der Waals surface area contributed by atoms with E-state index >= 15 is 0 Å². The number of nitrogens with two attached hydrogens (primary N) is 1. The Morgan fingerprint density at radius 2 is 2.00 bits per heavy atom. The number of nitrogens with zero attached hydrogens (tertiary/aromatic N) is 1. The molecule has 0 aliphatic heterocycles. The van der Waals surface area contributed by atoms with Crippen LogP contribution in [0.5, 0.6) is 0 Å². The number of amides is 1. The fourth-order valence-corrected chi connectivity index (χ4v) is 0.561. The van der Waals surface area contributed by atoms with E-state index in [1.165, 1.54) is 7.05 Å². The Balaban J connectivity index is 3.94. The molecule has 0 heterocycles. The lowest BCUT2D eigenvalue weighted by atomic mass is 10.0. The SMILES string of the molecule is CC(C(N)=O)C(C)N(C)O. The quantitative estimate of drug-likeness (QED) is 0.543. The Kier molecular flexibility index (Phi) is 3.32. The van der Waals surface area contributed by atoms with Crippen molar-refractivity contribution in [3.63, 3.8) is 0 Å². The average molecular weight is 146 g/mol. The highest BCUT2D eigenvalue weighted by Crippen LogP contribution is 2.05. The smallest absolute Gasteiger partial charge is 0.221 e. The van der Waals surface area contributed by atoms with E-state index in [2.05, 4.69) is 0 Å². The zero-order valence-electron chi connectivity index (χ0n) is 6.53. The predicted molar refractivity (Wildman–Crippen MR) is 37.4 cm³/mol. The van der Waals surface area contributed by atoms with E-state index in [0.717, 1.165) is 5.06 Å². The average Bonchev–Trinajstić information content (AvgIpc) is 1.84. The third kappa shape index (κ3) is 2.33. The van der Waals surface area contributed by atoms with Gasteiger partial charge in [-0.25, -0.2) is 0 Å². The first kappa shape index (κ1) is 9.39. The molecule has 0 radical (unpaired) electrons. The van der Waals surface area contributed by atoms with Crippen LogP contribution in [0.3, 0.4) is 0 Å². The molecule has 0 aliphatic rings. The molecule has 0 bridgehead atoms. The molecule has 3 N–H and O–H groups in total. The lowest BCUT2D eigenvalue weighted by molar-refractivity contribution is -0.137. The van der Waals surface area contributed by atoms with Gasteiger partial charge in [-0.05, 0) is 6.92 Å². The van der Waals surface area contributed by atoms with Gasteiger partial charge in [-0.2, -0.15) is 5.06 Å². The zero-order chi connectivity index (χ0) is 8.31. The van der Waals surface area contributed by atoms with Gasteiger partial charge >= 0.3 is 0 Å². The zero-order valence-corrected chi connectivity index (χ0v) is 6.53. The van der Waals surface area contributed by atoms with Crippen molar-refractivity contribution in [1.82, 2.24) is 5.06 Å². The molecule has 0 aromatic carbocycles. The van der Waals surface area contributed by atoms with Crippen molar-refractivity contribution in [3.8, 4) is 0 Å². The second-order valence-corrected chi connectivity index (χ2v) is 2.51. The second-order valence-electron chi connectivity index (χ2n) is 2.51. The van der Waals surface area contributed by atoms with Crippen molar-refractivity contribution >= 4 is 5.91 Å². The van der Waals surface area contributed by atoms with Crippen LogP contribution in [0.1, 0.15) is 13.8 Å². The summed E-state index contributed by atoms with van der Waals surface area (Å²) in [6.07, 6.45) is 0. The number of hydrogen-bond donors (Lipinski definition) is 2. The van der Waals surface area contributed by atoms with Gasteiger partial charge in [0, 0.05) is 13.1 Å². The molecule has 0 aromatic rings. The molecule has 0 aliphatic carbocycles. The highest BCUT2D eigenvalue weighted by atomic mass is 16.5. The summed E-state index contributed by atoms with van der Waals surface area (Å²) < 4.78 is 0. The highest BCUT2D eigenvalue weighted by Gasteiger charge is 2.19. The van der Waals surface area contributed by atoms with Crippen LogP contribution in [0, 0.1) is 5.92 Å². The standard InChI is InChI=1S/C6H14N2O2/c1-4(6(7)9)5(2)8(3)10/h4-5,10H,1-3H3,(H2,7,9).